The van der Waals surface area contributed by atoms with Crippen LogP contribution in [0.2, 0.25) is 0 Å². The Morgan fingerprint density at radius 1 is 1.32 bits per heavy atom. The van der Waals surface area contributed by atoms with Crippen LogP contribution in [0.15, 0.2) is 0 Å². The molecule has 6 nitrogen and oxygen atoms in total. The van der Waals surface area contributed by atoms with Gasteiger partial charge in [-0.2, -0.15) is 0 Å². The van der Waals surface area contributed by atoms with Gasteiger partial charge in [-0.3, -0.25) is 0 Å². The van der Waals surface area contributed by atoms with Gasteiger partial charge in [0.1, 0.15) is 6.04 Å². The second kappa shape index (κ2) is 6.23. The quantitative estimate of drug-likeness (QED) is 0.711. The third kappa shape index (κ3) is 4.38. The molecule has 1 aliphatic heterocycles. The van der Waals surface area contributed by atoms with Crippen molar-refractivity contribution in [2.45, 2.75) is 45.7 Å². The Morgan fingerprint density at radius 2 is 1.84 bits per heavy atom. The van der Waals surface area contributed by atoms with E-state index in [0.717, 1.165) is 25.9 Å². The van der Waals surface area contributed by atoms with Gasteiger partial charge >= 0.3 is 12.0 Å². The molecule has 1 heterocycles. The monoisotopic (exact) mass is 271 g/mol. The SMILES string of the molecule is CN(C(=O)N[C@H](C(=O)O)C(C)(C)C)C1CCNCC1. The molecular weight excluding hydrogens is 246 g/mol. The van der Waals surface area contributed by atoms with Crippen molar-refractivity contribution in [1.29, 1.82) is 0 Å². The van der Waals surface area contributed by atoms with Gasteiger partial charge in [0.2, 0.25) is 0 Å². The number of rotatable bonds is 3. The number of carbonyl (C=O) groups excluding carboxylic acids is 1. The normalized spacial score (nSPS) is 18.7. The first-order chi connectivity index (χ1) is 8.73. The number of carboxylic acid groups (broad SMARTS) is 1. The molecule has 1 aliphatic rings. The molecule has 3 N–H and O–H groups in total. The van der Waals surface area contributed by atoms with E-state index in [1.54, 1.807) is 32.7 Å². The number of urea groups is 1. The number of aliphatic carboxylic acids is 1. The number of nitrogens with one attached hydrogen (secondary N) is 2. The van der Waals surface area contributed by atoms with Crippen molar-refractivity contribution in [2.24, 2.45) is 5.41 Å². The van der Waals surface area contributed by atoms with Gasteiger partial charge in [0.15, 0.2) is 0 Å². The van der Waals surface area contributed by atoms with Crippen molar-refractivity contribution >= 4 is 12.0 Å². The summed E-state index contributed by atoms with van der Waals surface area (Å²) >= 11 is 0. The first kappa shape index (κ1) is 15.8. The molecule has 0 saturated carbocycles. The van der Waals surface area contributed by atoms with Crippen LogP contribution in [0.1, 0.15) is 33.6 Å². The van der Waals surface area contributed by atoms with Crippen molar-refractivity contribution in [3.8, 4) is 0 Å². The van der Waals surface area contributed by atoms with Gasteiger partial charge in [0, 0.05) is 13.1 Å². The molecule has 1 fully saturated rings. The molecule has 0 aromatic rings. The molecule has 0 radical (unpaired) electrons. The number of carbonyl (C=O) groups is 2. The second-order valence-corrected chi connectivity index (χ2v) is 6.18. The molecule has 0 aliphatic carbocycles. The molecule has 1 rings (SSSR count). The van der Waals surface area contributed by atoms with E-state index in [-0.39, 0.29) is 12.1 Å². The van der Waals surface area contributed by atoms with Crippen molar-refractivity contribution < 1.29 is 14.7 Å². The van der Waals surface area contributed by atoms with Crippen molar-refractivity contribution in [3.05, 3.63) is 0 Å². The number of amides is 2. The van der Waals surface area contributed by atoms with Crippen LogP contribution in [0.5, 0.6) is 0 Å². The van der Waals surface area contributed by atoms with E-state index in [9.17, 15) is 14.7 Å². The minimum absolute atomic E-state index is 0.177. The number of piperidine rings is 1. The van der Waals surface area contributed by atoms with E-state index in [1.807, 2.05) is 0 Å². The zero-order valence-electron chi connectivity index (χ0n) is 12.2. The third-order valence-corrected chi connectivity index (χ3v) is 3.56. The molecule has 0 aromatic heterocycles. The summed E-state index contributed by atoms with van der Waals surface area (Å²) in [5.74, 6) is -1.00. The number of carboxylic acids is 1. The van der Waals surface area contributed by atoms with E-state index < -0.39 is 17.4 Å². The fourth-order valence-electron chi connectivity index (χ4n) is 2.23. The minimum atomic E-state index is -1.00. The van der Waals surface area contributed by atoms with Crippen LogP contribution in [0.4, 0.5) is 4.79 Å². The minimum Gasteiger partial charge on any atom is -0.480 e. The Bertz CT molecular complexity index is 333. The Kier molecular flexibility index (Phi) is 5.17. The molecule has 110 valence electrons. The Morgan fingerprint density at radius 3 is 2.26 bits per heavy atom. The topological polar surface area (TPSA) is 81.7 Å². The molecule has 0 spiro atoms. The van der Waals surface area contributed by atoms with E-state index >= 15 is 0 Å². The Hall–Kier alpha value is -1.30. The highest BCUT2D eigenvalue weighted by Crippen LogP contribution is 2.20. The first-order valence-electron chi connectivity index (χ1n) is 6.70. The van der Waals surface area contributed by atoms with Crippen molar-refractivity contribution in [2.75, 3.05) is 20.1 Å². The lowest BCUT2D eigenvalue weighted by Gasteiger charge is -2.34. The zero-order chi connectivity index (χ0) is 14.6. The van der Waals surface area contributed by atoms with Crippen LogP contribution in [-0.4, -0.2) is 54.2 Å². The largest absolute Gasteiger partial charge is 0.480 e. The maximum Gasteiger partial charge on any atom is 0.326 e. The molecule has 1 saturated heterocycles. The summed E-state index contributed by atoms with van der Waals surface area (Å²) in [4.78, 5) is 25.0. The van der Waals surface area contributed by atoms with Crippen LogP contribution in [0, 0.1) is 5.41 Å². The van der Waals surface area contributed by atoms with E-state index in [1.165, 1.54) is 0 Å². The Balaban J connectivity index is 2.63. The van der Waals surface area contributed by atoms with E-state index in [0.29, 0.717) is 0 Å². The van der Waals surface area contributed by atoms with Gasteiger partial charge in [-0.15, -0.1) is 0 Å². The van der Waals surface area contributed by atoms with Gasteiger partial charge in [-0.05, 0) is 31.3 Å². The highest BCUT2D eigenvalue weighted by Gasteiger charge is 2.34. The summed E-state index contributed by atoms with van der Waals surface area (Å²) in [6.45, 7) is 7.19. The summed E-state index contributed by atoms with van der Waals surface area (Å²) < 4.78 is 0. The molecule has 19 heavy (non-hydrogen) atoms. The van der Waals surface area contributed by atoms with Gasteiger partial charge in [0.25, 0.3) is 0 Å². The van der Waals surface area contributed by atoms with Crippen LogP contribution in [-0.2, 0) is 4.79 Å². The molecule has 0 aromatic carbocycles. The fraction of sp³-hybridized carbons (Fsp3) is 0.846. The third-order valence-electron chi connectivity index (χ3n) is 3.56. The maximum absolute atomic E-state index is 12.1. The summed E-state index contributed by atoms with van der Waals surface area (Å²) in [6.07, 6.45) is 1.80. The second-order valence-electron chi connectivity index (χ2n) is 6.18. The highest BCUT2D eigenvalue weighted by atomic mass is 16.4. The van der Waals surface area contributed by atoms with Crippen LogP contribution in [0.25, 0.3) is 0 Å². The fourth-order valence-corrected chi connectivity index (χ4v) is 2.23. The van der Waals surface area contributed by atoms with Crippen molar-refractivity contribution in [3.63, 3.8) is 0 Å². The van der Waals surface area contributed by atoms with Crippen LogP contribution < -0.4 is 10.6 Å². The molecule has 0 bridgehead atoms. The average Bonchev–Trinajstić information content (AvgIpc) is 2.34. The lowest BCUT2D eigenvalue weighted by Crippen LogP contribution is -2.55. The van der Waals surface area contributed by atoms with Crippen molar-refractivity contribution in [1.82, 2.24) is 15.5 Å². The predicted octanol–water partition coefficient (Wildman–Crippen LogP) is 0.879. The molecule has 2 amide bonds. The summed E-state index contributed by atoms with van der Waals surface area (Å²) in [5, 5.41) is 15.1. The first-order valence-corrected chi connectivity index (χ1v) is 6.70. The molecule has 0 unspecified atom stereocenters. The van der Waals surface area contributed by atoms with Gasteiger partial charge in [0.05, 0.1) is 0 Å². The van der Waals surface area contributed by atoms with Crippen LogP contribution in [0.3, 0.4) is 0 Å². The number of nitrogens with zero attached hydrogens (tertiary/aromatic N) is 1. The molecule has 1 atom stereocenters. The highest BCUT2D eigenvalue weighted by molar-refractivity contribution is 5.83. The molecule has 6 heteroatoms. The average molecular weight is 271 g/mol. The maximum atomic E-state index is 12.1. The smallest absolute Gasteiger partial charge is 0.326 e. The zero-order valence-corrected chi connectivity index (χ0v) is 12.2. The lowest BCUT2D eigenvalue weighted by molar-refractivity contribution is -0.142. The van der Waals surface area contributed by atoms with E-state index in [4.69, 9.17) is 0 Å². The predicted molar refractivity (Wildman–Crippen MR) is 73.1 cm³/mol. The number of hydrogen-bond donors (Lipinski definition) is 3. The van der Waals surface area contributed by atoms with Gasteiger partial charge in [-0.25, -0.2) is 9.59 Å². The lowest BCUT2D eigenvalue weighted by atomic mass is 9.87. The van der Waals surface area contributed by atoms with E-state index in [2.05, 4.69) is 10.6 Å². The van der Waals surface area contributed by atoms with Gasteiger partial charge in [-0.1, -0.05) is 20.8 Å². The molecular formula is C13H25N3O3. The van der Waals surface area contributed by atoms with Crippen LogP contribution >= 0.6 is 0 Å². The number of hydrogen-bond acceptors (Lipinski definition) is 3. The summed E-state index contributed by atoms with van der Waals surface area (Å²) in [6, 6.07) is -1.02. The summed E-state index contributed by atoms with van der Waals surface area (Å²) in [5.41, 5.74) is -0.517. The van der Waals surface area contributed by atoms with Gasteiger partial charge < -0.3 is 20.6 Å². The standard InChI is InChI=1S/C13H25N3O3/c1-13(2,3)10(11(17)18)15-12(19)16(4)9-5-7-14-8-6-9/h9-10,14H,5-8H2,1-4H3,(H,15,19)(H,17,18)/t10-/m1/s1. The summed E-state index contributed by atoms with van der Waals surface area (Å²) in [7, 11) is 1.73. The Labute approximate surface area is 114 Å².